The van der Waals surface area contributed by atoms with Crippen LogP contribution in [-0.2, 0) is 6.54 Å². The van der Waals surface area contributed by atoms with E-state index in [4.69, 9.17) is 5.73 Å². The van der Waals surface area contributed by atoms with Crippen LogP contribution in [-0.4, -0.2) is 23.6 Å². The van der Waals surface area contributed by atoms with Crippen molar-refractivity contribution in [3.05, 3.63) is 29.6 Å². The second-order valence-electron chi connectivity index (χ2n) is 6.16. The molecule has 2 saturated heterocycles. The lowest BCUT2D eigenvalue weighted by Gasteiger charge is -2.45. The third-order valence-corrected chi connectivity index (χ3v) is 5.20. The topological polar surface area (TPSA) is 26.0 Å². The van der Waals surface area contributed by atoms with Gasteiger partial charge in [-0.15, -0.1) is 0 Å². The average molecular weight is 249 g/mol. The zero-order valence-corrected chi connectivity index (χ0v) is 11.0. The molecule has 0 saturated carbocycles. The quantitative estimate of drug-likeness (QED) is 0.632. The minimum atomic E-state index is -0.236. The van der Waals surface area contributed by atoms with Crippen molar-refractivity contribution in [2.24, 2.45) is 0 Å². The van der Waals surface area contributed by atoms with E-state index in [-0.39, 0.29) is 5.82 Å². The van der Waals surface area contributed by atoms with Crippen LogP contribution in [0, 0.1) is 5.82 Å². The van der Waals surface area contributed by atoms with Gasteiger partial charge in [-0.3, -0.25) is 0 Å². The van der Waals surface area contributed by atoms with Crippen molar-refractivity contribution in [3.8, 4) is 0 Å². The Kier molecular flexibility index (Phi) is 2.81. The number of benzene rings is 1. The second kappa shape index (κ2) is 4.23. The van der Waals surface area contributed by atoms with E-state index in [0.717, 1.165) is 28.7 Å². The number of rotatable bonds is 2. The summed E-state index contributed by atoms with van der Waals surface area (Å²) in [5.41, 5.74) is 7.68. The van der Waals surface area contributed by atoms with E-state index in [1.54, 1.807) is 0 Å². The lowest BCUT2D eigenvalue weighted by atomic mass is 9.98. The molecule has 0 aromatic heterocycles. The molecule has 2 heterocycles. The molecular formula is C15H22FN2+. The van der Waals surface area contributed by atoms with E-state index < -0.39 is 0 Å². The molecule has 2 aliphatic rings. The highest BCUT2D eigenvalue weighted by molar-refractivity contribution is 5.46. The SMILES string of the molecule is C[N+]1(Cc2ccc(F)cc2N)C2CCCC1CC2. The van der Waals surface area contributed by atoms with Crippen molar-refractivity contribution in [2.45, 2.75) is 50.7 Å². The zero-order chi connectivity index (χ0) is 12.8. The van der Waals surface area contributed by atoms with Crippen molar-refractivity contribution in [1.29, 1.82) is 0 Å². The first-order valence-electron chi connectivity index (χ1n) is 6.98. The number of hydrogen-bond donors (Lipinski definition) is 1. The summed E-state index contributed by atoms with van der Waals surface area (Å²) in [6.07, 6.45) is 6.76. The molecule has 0 spiro atoms. The number of anilines is 1. The molecule has 0 amide bonds. The molecule has 2 nitrogen and oxygen atoms in total. The van der Waals surface area contributed by atoms with Crippen LogP contribution in [0.15, 0.2) is 18.2 Å². The zero-order valence-electron chi connectivity index (χ0n) is 11.0. The van der Waals surface area contributed by atoms with Crippen molar-refractivity contribution >= 4 is 5.69 Å². The van der Waals surface area contributed by atoms with E-state index in [0.29, 0.717) is 5.69 Å². The fourth-order valence-electron chi connectivity index (χ4n) is 4.08. The molecule has 2 aliphatic heterocycles. The summed E-state index contributed by atoms with van der Waals surface area (Å²) in [7, 11) is 2.37. The van der Waals surface area contributed by atoms with Crippen LogP contribution >= 0.6 is 0 Å². The summed E-state index contributed by atoms with van der Waals surface area (Å²) >= 11 is 0. The Morgan fingerprint density at radius 2 is 1.89 bits per heavy atom. The van der Waals surface area contributed by atoms with Crippen LogP contribution in [0.5, 0.6) is 0 Å². The van der Waals surface area contributed by atoms with Crippen LogP contribution in [0.1, 0.15) is 37.7 Å². The van der Waals surface area contributed by atoms with Crippen molar-refractivity contribution in [3.63, 3.8) is 0 Å². The van der Waals surface area contributed by atoms with E-state index in [2.05, 4.69) is 7.05 Å². The van der Waals surface area contributed by atoms with Gasteiger partial charge in [-0.25, -0.2) is 4.39 Å². The molecule has 98 valence electrons. The number of nitrogens with zero attached hydrogens (tertiary/aromatic N) is 1. The van der Waals surface area contributed by atoms with E-state index in [9.17, 15) is 4.39 Å². The Labute approximate surface area is 108 Å². The van der Waals surface area contributed by atoms with Crippen LogP contribution < -0.4 is 5.73 Å². The Morgan fingerprint density at radius 3 is 2.50 bits per heavy atom. The molecule has 2 bridgehead atoms. The predicted molar refractivity (Wildman–Crippen MR) is 71.4 cm³/mol. The van der Waals surface area contributed by atoms with Gasteiger partial charge in [-0.2, -0.15) is 0 Å². The van der Waals surface area contributed by atoms with E-state index >= 15 is 0 Å². The van der Waals surface area contributed by atoms with Crippen LogP contribution in [0.2, 0.25) is 0 Å². The number of halogens is 1. The van der Waals surface area contributed by atoms with Crippen molar-refractivity contribution in [2.75, 3.05) is 12.8 Å². The van der Waals surface area contributed by atoms with Gasteiger partial charge in [0.25, 0.3) is 0 Å². The highest BCUT2D eigenvalue weighted by atomic mass is 19.1. The number of quaternary nitrogens is 1. The summed E-state index contributed by atoms with van der Waals surface area (Å²) in [5, 5.41) is 0. The van der Waals surface area contributed by atoms with Gasteiger partial charge in [0.15, 0.2) is 0 Å². The summed E-state index contributed by atoms with van der Waals surface area (Å²) in [5.74, 6) is -0.236. The molecule has 0 aliphatic carbocycles. The number of fused-ring (bicyclic) bond motifs is 2. The maximum absolute atomic E-state index is 13.1. The second-order valence-corrected chi connectivity index (χ2v) is 6.16. The van der Waals surface area contributed by atoms with Crippen LogP contribution in [0.3, 0.4) is 0 Å². The van der Waals surface area contributed by atoms with Crippen molar-refractivity contribution in [1.82, 2.24) is 0 Å². The minimum Gasteiger partial charge on any atom is -0.398 e. The fraction of sp³-hybridized carbons (Fsp3) is 0.600. The van der Waals surface area contributed by atoms with Crippen LogP contribution in [0.25, 0.3) is 0 Å². The molecule has 0 radical (unpaired) electrons. The first kappa shape index (κ1) is 12.0. The maximum Gasteiger partial charge on any atom is 0.125 e. The van der Waals surface area contributed by atoms with Gasteiger partial charge in [0, 0.05) is 24.1 Å². The summed E-state index contributed by atoms with van der Waals surface area (Å²) in [6.45, 7) is 0.960. The maximum atomic E-state index is 13.1. The van der Waals surface area contributed by atoms with Gasteiger partial charge < -0.3 is 10.2 Å². The average Bonchev–Trinajstić information content (AvgIpc) is 2.55. The standard InChI is InChI=1S/C15H22FN2/c1-18(13-3-2-4-14(18)8-7-13)10-11-5-6-12(16)9-15(11)17/h5-6,9,13-14H,2-4,7-8,10,17H2,1H3/q+1. The summed E-state index contributed by atoms with van der Waals surface area (Å²) in [4.78, 5) is 0. The summed E-state index contributed by atoms with van der Waals surface area (Å²) < 4.78 is 14.2. The largest absolute Gasteiger partial charge is 0.398 e. The van der Waals surface area contributed by atoms with Gasteiger partial charge >= 0.3 is 0 Å². The molecule has 18 heavy (non-hydrogen) atoms. The Bertz CT molecular complexity index is 442. The fourth-order valence-corrected chi connectivity index (χ4v) is 4.08. The first-order chi connectivity index (χ1) is 8.59. The lowest BCUT2D eigenvalue weighted by molar-refractivity contribution is -0.960. The highest BCUT2D eigenvalue weighted by Crippen LogP contribution is 2.42. The molecule has 2 atom stereocenters. The van der Waals surface area contributed by atoms with Gasteiger partial charge in [0.2, 0.25) is 0 Å². The molecular weight excluding hydrogens is 227 g/mol. The van der Waals surface area contributed by atoms with Gasteiger partial charge in [-0.1, -0.05) is 0 Å². The Morgan fingerprint density at radius 1 is 1.22 bits per heavy atom. The highest BCUT2D eigenvalue weighted by Gasteiger charge is 2.48. The predicted octanol–water partition coefficient (Wildman–Crippen LogP) is 3.07. The number of hydrogen-bond acceptors (Lipinski definition) is 1. The molecule has 2 fully saturated rings. The number of nitrogens with two attached hydrogens (primary N) is 1. The van der Waals surface area contributed by atoms with Gasteiger partial charge in [-0.05, 0) is 37.5 Å². The third-order valence-electron chi connectivity index (χ3n) is 5.20. The monoisotopic (exact) mass is 249 g/mol. The molecule has 1 aromatic rings. The molecule has 3 heteroatoms. The van der Waals surface area contributed by atoms with Gasteiger partial charge in [0.05, 0.1) is 19.1 Å². The molecule has 2 N–H and O–H groups in total. The Hall–Kier alpha value is -1.09. The third kappa shape index (κ3) is 1.81. The van der Waals surface area contributed by atoms with E-state index in [1.807, 2.05) is 6.07 Å². The van der Waals surface area contributed by atoms with Crippen molar-refractivity contribution < 1.29 is 8.87 Å². The lowest BCUT2D eigenvalue weighted by Crippen LogP contribution is -2.55. The Balaban J connectivity index is 1.87. The van der Waals surface area contributed by atoms with E-state index in [1.165, 1.54) is 44.2 Å². The summed E-state index contributed by atoms with van der Waals surface area (Å²) in [6, 6.07) is 6.42. The molecule has 1 aromatic carbocycles. The van der Waals surface area contributed by atoms with Gasteiger partial charge in [0.1, 0.15) is 12.4 Å². The molecule has 2 unspecified atom stereocenters. The molecule has 3 rings (SSSR count). The first-order valence-corrected chi connectivity index (χ1v) is 6.98. The normalized spacial score (nSPS) is 34.8. The smallest absolute Gasteiger partial charge is 0.125 e. The number of piperidine rings is 1. The van der Waals surface area contributed by atoms with Crippen LogP contribution in [0.4, 0.5) is 10.1 Å². The number of nitrogen functional groups attached to an aromatic ring is 1. The minimum absolute atomic E-state index is 0.236.